The molecule has 1 aliphatic heterocycles. The number of likely N-dealkylation sites (tertiary alicyclic amines) is 1. The van der Waals surface area contributed by atoms with Crippen molar-refractivity contribution in [1.82, 2.24) is 4.90 Å². The summed E-state index contributed by atoms with van der Waals surface area (Å²) in [4.78, 5) is 14.2. The Morgan fingerprint density at radius 3 is 2.48 bits per heavy atom. The molecule has 2 rings (SSSR count). The first-order valence-electron chi connectivity index (χ1n) is 6.83. The molecule has 0 unspecified atom stereocenters. The van der Waals surface area contributed by atoms with Crippen LogP contribution >= 0.6 is 11.6 Å². The molecule has 0 radical (unpaired) electrons. The van der Waals surface area contributed by atoms with E-state index in [1.54, 1.807) is 17.0 Å². The van der Waals surface area contributed by atoms with Crippen molar-refractivity contribution < 1.29 is 13.2 Å². The van der Waals surface area contributed by atoms with Gasteiger partial charge in [0.15, 0.2) is 0 Å². The molecule has 0 saturated carbocycles. The fraction of sp³-hybridized carbons (Fsp3) is 0.500. The first-order chi connectivity index (χ1) is 9.76. The number of nitrogens with one attached hydrogen (secondary N) is 1. The third-order valence-corrected chi connectivity index (χ3v) is 4.49. The summed E-state index contributed by atoms with van der Waals surface area (Å²) >= 11 is 6.12. The molecule has 7 heteroatoms. The van der Waals surface area contributed by atoms with Gasteiger partial charge < -0.3 is 4.90 Å². The van der Waals surface area contributed by atoms with Gasteiger partial charge in [0.1, 0.15) is 0 Å². The number of sulfonamides is 1. The second kappa shape index (κ2) is 6.23. The average Bonchev–Trinajstić information content (AvgIpc) is 2.37. The van der Waals surface area contributed by atoms with Gasteiger partial charge in [-0.2, -0.15) is 0 Å². The van der Waals surface area contributed by atoms with Crippen molar-refractivity contribution in [3.05, 3.63) is 28.8 Å². The number of piperidine rings is 1. The minimum absolute atomic E-state index is 0.0993. The van der Waals surface area contributed by atoms with E-state index in [1.807, 2.05) is 0 Å². The van der Waals surface area contributed by atoms with Crippen LogP contribution in [0.15, 0.2) is 18.2 Å². The lowest BCUT2D eigenvalue weighted by Gasteiger charge is -2.30. The molecular weight excluding hydrogens is 312 g/mol. The van der Waals surface area contributed by atoms with Crippen LogP contribution in [-0.4, -0.2) is 38.6 Å². The zero-order chi connectivity index (χ0) is 15.6. The van der Waals surface area contributed by atoms with Crippen LogP contribution in [0.25, 0.3) is 0 Å². The lowest BCUT2D eigenvalue weighted by atomic mass is 9.98. The topological polar surface area (TPSA) is 66.5 Å². The number of anilines is 1. The lowest BCUT2D eigenvalue weighted by Crippen LogP contribution is -2.38. The fourth-order valence-corrected chi connectivity index (χ4v) is 3.16. The lowest BCUT2D eigenvalue weighted by molar-refractivity contribution is 0.0697. The Balaban J connectivity index is 2.15. The predicted octanol–water partition coefficient (Wildman–Crippen LogP) is 2.58. The van der Waals surface area contributed by atoms with E-state index in [4.69, 9.17) is 11.6 Å². The number of rotatable bonds is 3. The fourth-order valence-electron chi connectivity index (χ4n) is 2.35. The molecule has 0 aliphatic carbocycles. The van der Waals surface area contributed by atoms with Gasteiger partial charge in [-0.3, -0.25) is 9.52 Å². The van der Waals surface area contributed by atoms with Crippen LogP contribution < -0.4 is 4.72 Å². The number of benzene rings is 1. The van der Waals surface area contributed by atoms with Gasteiger partial charge in [-0.1, -0.05) is 18.5 Å². The molecule has 1 heterocycles. The second-order valence-corrected chi connectivity index (χ2v) is 7.70. The zero-order valence-corrected chi connectivity index (χ0v) is 13.7. The van der Waals surface area contributed by atoms with E-state index in [9.17, 15) is 13.2 Å². The molecule has 1 aliphatic rings. The maximum absolute atomic E-state index is 12.4. The molecule has 0 aromatic heterocycles. The van der Waals surface area contributed by atoms with Crippen molar-refractivity contribution >= 4 is 33.2 Å². The first-order valence-corrected chi connectivity index (χ1v) is 9.10. The summed E-state index contributed by atoms with van der Waals surface area (Å²) in [6.45, 7) is 3.65. The van der Waals surface area contributed by atoms with Crippen molar-refractivity contribution in [1.29, 1.82) is 0 Å². The third-order valence-electron chi connectivity index (χ3n) is 3.57. The van der Waals surface area contributed by atoms with E-state index < -0.39 is 10.0 Å². The third kappa shape index (κ3) is 4.35. The van der Waals surface area contributed by atoms with E-state index in [0.717, 1.165) is 32.2 Å². The summed E-state index contributed by atoms with van der Waals surface area (Å²) < 4.78 is 24.7. The van der Waals surface area contributed by atoms with Crippen LogP contribution in [0.3, 0.4) is 0 Å². The number of carbonyl (C=O) groups excluding carboxylic acids is 1. The van der Waals surface area contributed by atoms with Gasteiger partial charge in [0.05, 0.1) is 16.8 Å². The molecule has 1 aromatic rings. The first kappa shape index (κ1) is 16.1. The summed E-state index contributed by atoms with van der Waals surface area (Å²) in [6, 6.07) is 4.57. The molecule has 0 atom stereocenters. The number of amides is 1. The number of hydrogen-bond acceptors (Lipinski definition) is 3. The average molecular weight is 331 g/mol. The molecule has 1 saturated heterocycles. The molecule has 0 spiro atoms. The van der Waals surface area contributed by atoms with Crippen LogP contribution in [0, 0.1) is 5.92 Å². The summed E-state index contributed by atoms with van der Waals surface area (Å²) in [5.41, 5.74) is 0.761. The number of carbonyl (C=O) groups is 1. The molecule has 1 aromatic carbocycles. The summed E-state index contributed by atoms with van der Waals surface area (Å²) in [5, 5.41) is 0.257. The normalized spacial score (nSPS) is 16.8. The molecule has 1 N–H and O–H groups in total. The van der Waals surface area contributed by atoms with E-state index in [-0.39, 0.29) is 10.9 Å². The Morgan fingerprint density at radius 1 is 1.33 bits per heavy atom. The van der Waals surface area contributed by atoms with Crippen molar-refractivity contribution in [2.24, 2.45) is 5.92 Å². The van der Waals surface area contributed by atoms with Gasteiger partial charge in [-0.15, -0.1) is 0 Å². The molecule has 116 valence electrons. The van der Waals surface area contributed by atoms with E-state index in [0.29, 0.717) is 17.2 Å². The van der Waals surface area contributed by atoms with Gasteiger partial charge in [0.25, 0.3) is 5.91 Å². The zero-order valence-electron chi connectivity index (χ0n) is 12.1. The molecule has 1 fully saturated rings. The van der Waals surface area contributed by atoms with Gasteiger partial charge >= 0.3 is 0 Å². The van der Waals surface area contributed by atoms with Gasteiger partial charge in [-0.05, 0) is 37.0 Å². The predicted molar refractivity (Wildman–Crippen MR) is 84.2 cm³/mol. The van der Waals surface area contributed by atoms with Gasteiger partial charge in [0, 0.05) is 18.8 Å². The highest BCUT2D eigenvalue weighted by Crippen LogP contribution is 2.25. The van der Waals surface area contributed by atoms with Crippen molar-refractivity contribution in [3.63, 3.8) is 0 Å². The number of halogens is 1. The highest BCUT2D eigenvalue weighted by molar-refractivity contribution is 7.92. The summed E-state index contributed by atoms with van der Waals surface area (Å²) in [7, 11) is -3.36. The SMILES string of the molecule is CC1CCN(C(=O)c2ccc(NS(C)(=O)=O)cc2Cl)CC1. The maximum Gasteiger partial charge on any atom is 0.255 e. The Morgan fingerprint density at radius 2 is 1.95 bits per heavy atom. The Labute approximate surface area is 130 Å². The minimum Gasteiger partial charge on any atom is -0.339 e. The maximum atomic E-state index is 12.4. The Kier molecular flexibility index (Phi) is 4.78. The van der Waals surface area contributed by atoms with Crippen molar-refractivity contribution in [2.75, 3.05) is 24.1 Å². The molecule has 0 bridgehead atoms. The quantitative estimate of drug-likeness (QED) is 0.926. The monoisotopic (exact) mass is 330 g/mol. The van der Waals surface area contributed by atoms with E-state index in [1.165, 1.54) is 6.07 Å². The smallest absolute Gasteiger partial charge is 0.255 e. The summed E-state index contributed by atoms with van der Waals surface area (Å²) in [6.07, 6.45) is 3.06. The van der Waals surface area contributed by atoms with Crippen LogP contribution in [-0.2, 0) is 10.0 Å². The van der Waals surface area contributed by atoms with Crippen molar-refractivity contribution in [2.45, 2.75) is 19.8 Å². The van der Waals surface area contributed by atoms with Crippen LogP contribution in [0.4, 0.5) is 5.69 Å². The highest BCUT2D eigenvalue weighted by Gasteiger charge is 2.23. The number of hydrogen-bond donors (Lipinski definition) is 1. The van der Waals surface area contributed by atoms with E-state index >= 15 is 0 Å². The summed E-state index contributed by atoms with van der Waals surface area (Å²) in [5.74, 6) is 0.545. The van der Waals surface area contributed by atoms with Crippen LogP contribution in [0.1, 0.15) is 30.1 Å². The molecular formula is C14H19ClN2O3S. The largest absolute Gasteiger partial charge is 0.339 e. The number of nitrogens with zero attached hydrogens (tertiary/aromatic N) is 1. The van der Waals surface area contributed by atoms with Crippen LogP contribution in [0.5, 0.6) is 0 Å². The van der Waals surface area contributed by atoms with Crippen molar-refractivity contribution in [3.8, 4) is 0 Å². The van der Waals surface area contributed by atoms with Crippen LogP contribution in [0.2, 0.25) is 5.02 Å². The standard InChI is InChI=1S/C14H19ClN2O3S/c1-10-5-7-17(8-6-10)14(18)12-4-3-11(9-13(12)15)16-21(2,19)20/h3-4,9-10,16H,5-8H2,1-2H3. The molecule has 5 nitrogen and oxygen atoms in total. The Bertz CT molecular complexity index is 638. The highest BCUT2D eigenvalue weighted by atomic mass is 35.5. The molecule has 1 amide bonds. The molecule has 21 heavy (non-hydrogen) atoms. The van der Waals surface area contributed by atoms with Gasteiger partial charge in [0.2, 0.25) is 10.0 Å². The second-order valence-electron chi connectivity index (χ2n) is 5.54. The Hall–Kier alpha value is -1.27. The van der Waals surface area contributed by atoms with E-state index in [2.05, 4.69) is 11.6 Å². The van der Waals surface area contributed by atoms with Gasteiger partial charge in [-0.25, -0.2) is 8.42 Å². The minimum atomic E-state index is -3.36.